The SMILES string of the molecule is N#CC1(C(=O)NCc2ccc(CN3CCOCC3)cc2)CCCCC1. The molecular weight excluding hydrogens is 314 g/mol. The minimum Gasteiger partial charge on any atom is -0.379 e. The first-order valence-electron chi connectivity index (χ1n) is 9.29. The van der Waals surface area contributed by atoms with Crippen LogP contribution in [0.5, 0.6) is 0 Å². The van der Waals surface area contributed by atoms with Gasteiger partial charge >= 0.3 is 0 Å². The summed E-state index contributed by atoms with van der Waals surface area (Å²) in [5.41, 5.74) is 1.54. The van der Waals surface area contributed by atoms with Crippen molar-refractivity contribution in [1.29, 1.82) is 5.26 Å². The number of nitrogens with zero attached hydrogens (tertiary/aromatic N) is 2. The molecule has 1 aliphatic carbocycles. The third kappa shape index (κ3) is 4.59. The first kappa shape index (κ1) is 17.9. The summed E-state index contributed by atoms with van der Waals surface area (Å²) in [6.07, 6.45) is 4.44. The van der Waals surface area contributed by atoms with Crippen molar-refractivity contribution in [3.8, 4) is 6.07 Å². The highest BCUT2D eigenvalue weighted by Crippen LogP contribution is 2.35. The van der Waals surface area contributed by atoms with Gasteiger partial charge < -0.3 is 10.1 Å². The van der Waals surface area contributed by atoms with E-state index in [1.807, 2.05) is 0 Å². The summed E-state index contributed by atoms with van der Waals surface area (Å²) in [5, 5.41) is 12.4. The summed E-state index contributed by atoms with van der Waals surface area (Å²) < 4.78 is 5.37. The van der Waals surface area contributed by atoms with E-state index in [0.29, 0.717) is 19.4 Å². The number of benzene rings is 1. The molecule has 0 spiro atoms. The van der Waals surface area contributed by atoms with Gasteiger partial charge in [0.1, 0.15) is 5.41 Å². The fourth-order valence-electron chi connectivity index (χ4n) is 3.68. The maximum absolute atomic E-state index is 12.5. The van der Waals surface area contributed by atoms with Crippen LogP contribution in [0.1, 0.15) is 43.2 Å². The molecule has 1 aliphatic heterocycles. The molecule has 1 saturated carbocycles. The molecule has 0 bridgehead atoms. The molecule has 5 nitrogen and oxygen atoms in total. The number of hydrogen-bond donors (Lipinski definition) is 1. The van der Waals surface area contributed by atoms with E-state index in [-0.39, 0.29) is 5.91 Å². The second-order valence-corrected chi connectivity index (χ2v) is 7.14. The van der Waals surface area contributed by atoms with Crippen LogP contribution in [0.3, 0.4) is 0 Å². The number of carbonyl (C=O) groups is 1. The Balaban J connectivity index is 1.51. The van der Waals surface area contributed by atoms with Gasteiger partial charge in [0.15, 0.2) is 0 Å². The lowest BCUT2D eigenvalue weighted by atomic mass is 9.74. The number of hydrogen-bond acceptors (Lipinski definition) is 4. The van der Waals surface area contributed by atoms with Gasteiger partial charge in [0.05, 0.1) is 19.3 Å². The van der Waals surface area contributed by atoms with Gasteiger partial charge in [-0.25, -0.2) is 0 Å². The summed E-state index contributed by atoms with van der Waals surface area (Å²) in [4.78, 5) is 14.9. The zero-order valence-electron chi connectivity index (χ0n) is 14.8. The Morgan fingerprint density at radius 1 is 1.12 bits per heavy atom. The van der Waals surface area contributed by atoms with Gasteiger partial charge in [-0.05, 0) is 24.0 Å². The van der Waals surface area contributed by atoms with Crippen LogP contribution >= 0.6 is 0 Å². The molecule has 3 rings (SSSR count). The van der Waals surface area contributed by atoms with Crippen LogP contribution in [0.15, 0.2) is 24.3 Å². The van der Waals surface area contributed by atoms with Crippen molar-refractivity contribution in [2.24, 2.45) is 5.41 Å². The zero-order valence-corrected chi connectivity index (χ0v) is 14.8. The first-order chi connectivity index (χ1) is 12.2. The average molecular weight is 341 g/mol. The number of amides is 1. The monoisotopic (exact) mass is 341 g/mol. The van der Waals surface area contributed by atoms with Gasteiger partial charge in [0, 0.05) is 26.2 Å². The van der Waals surface area contributed by atoms with E-state index in [1.54, 1.807) is 0 Å². The third-order valence-electron chi connectivity index (χ3n) is 5.34. The van der Waals surface area contributed by atoms with Crippen LogP contribution in [0, 0.1) is 16.7 Å². The number of ether oxygens (including phenoxy) is 1. The molecule has 2 fully saturated rings. The molecule has 134 valence electrons. The molecule has 1 amide bonds. The Kier molecular flexibility index (Phi) is 6.06. The second kappa shape index (κ2) is 8.46. The van der Waals surface area contributed by atoms with E-state index < -0.39 is 5.41 Å². The highest BCUT2D eigenvalue weighted by molar-refractivity contribution is 5.85. The van der Waals surface area contributed by atoms with Gasteiger partial charge in [-0.3, -0.25) is 9.69 Å². The highest BCUT2D eigenvalue weighted by Gasteiger charge is 2.39. The number of morpholine rings is 1. The van der Waals surface area contributed by atoms with Crippen molar-refractivity contribution >= 4 is 5.91 Å². The topological polar surface area (TPSA) is 65.4 Å². The Morgan fingerprint density at radius 2 is 1.76 bits per heavy atom. The normalized spacial score (nSPS) is 20.6. The molecule has 0 unspecified atom stereocenters. The minimum atomic E-state index is -0.811. The van der Waals surface area contributed by atoms with Gasteiger partial charge in [0.2, 0.25) is 5.91 Å². The molecule has 0 atom stereocenters. The maximum Gasteiger partial charge on any atom is 0.240 e. The lowest BCUT2D eigenvalue weighted by Crippen LogP contribution is -2.41. The lowest BCUT2D eigenvalue weighted by Gasteiger charge is -2.29. The smallest absolute Gasteiger partial charge is 0.240 e. The lowest BCUT2D eigenvalue weighted by molar-refractivity contribution is -0.129. The van der Waals surface area contributed by atoms with Crippen LogP contribution in [0.4, 0.5) is 0 Å². The van der Waals surface area contributed by atoms with Gasteiger partial charge in [0.25, 0.3) is 0 Å². The van der Waals surface area contributed by atoms with E-state index in [0.717, 1.165) is 57.7 Å². The van der Waals surface area contributed by atoms with E-state index >= 15 is 0 Å². The van der Waals surface area contributed by atoms with E-state index in [9.17, 15) is 10.1 Å². The fraction of sp³-hybridized carbons (Fsp3) is 0.600. The molecule has 2 aliphatic rings. The van der Waals surface area contributed by atoms with Crippen molar-refractivity contribution < 1.29 is 9.53 Å². The van der Waals surface area contributed by atoms with E-state index in [4.69, 9.17) is 4.74 Å². The average Bonchev–Trinajstić information content (AvgIpc) is 2.68. The summed E-state index contributed by atoms with van der Waals surface area (Å²) in [6.45, 7) is 5.01. The maximum atomic E-state index is 12.5. The standard InChI is InChI=1S/C20H27N3O2/c21-16-20(8-2-1-3-9-20)19(24)22-14-17-4-6-18(7-5-17)15-23-10-12-25-13-11-23/h4-7H,1-3,8-15H2,(H,22,24). The van der Waals surface area contributed by atoms with Crippen molar-refractivity contribution in [3.63, 3.8) is 0 Å². The van der Waals surface area contributed by atoms with Crippen LogP contribution in [-0.2, 0) is 22.6 Å². The van der Waals surface area contributed by atoms with E-state index in [1.165, 1.54) is 5.56 Å². The molecule has 1 aromatic carbocycles. The van der Waals surface area contributed by atoms with Gasteiger partial charge in [-0.1, -0.05) is 43.5 Å². The number of rotatable bonds is 5. The molecule has 5 heteroatoms. The van der Waals surface area contributed by atoms with E-state index in [2.05, 4.69) is 40.6 Å². The van der Waals surface area contributed by atoms with Crippen LogP contribution < -0.4 is 5.32 Å². The highest BCUT2D eigenvalue weighted by atomic mass is 16.5. The predicted molar refractivity (Wildman–Crippen MR) is 95.5 cm³/mol. The first-order valence-corrected chi connectivity index (χ1v) is 9.29. The van der Waals surface area contributed by atoms with Crippen molar-refractivity contribution in [2.45, 2.75) is 45.2 Å². The van der Waals surface area contributed by atoms with Gasteiger partial charge in [-0.15, -0.1) is 0 Å². The Hall–Kier alpha value is -1.90. The van der Waals surface area contributed by atoms with Crippen molar-refractivity contribution in [2.75, 3.05) is 26.3 Å². The number of nitriles is 1. The summed E-state index contributed by atoms with van der Waals surface area (Å²) in [7, 11) is 0. The summed E-state index contributed by atoms with van der Waals surface area (Å²) >= 11 is 0. The number of carbonyl (C=O) groups excluding carboxylic acids is 1. The zero-order chi connectivity index (χ0) is 17.5. The van der Waals surface area contributed by atoms with Crippen molar-refractivity contribution in [3.05, 3.63) is 35.4 Å². The molecule has 25 heavy (non-hydrogen) atoms. The quantitative estimate of drug-likeness (QED) is 0.894. The number of nitrogens with one attached hydrogen (secondary N) is 1. The predicted octanol–water partition coefficient (Wildman–Crippen LogP) is 2.61. The molecule has 1 saturated heterocycles. The molecular formula is C20H27N3O2. The van der Waals surface area contributed by atoms with Crippen LogP contribution in [-0.4, -0.2) is 37.1 Å². The minimum absolute atomic E-state index is 0.105. The fourth-order valence-corrected chi connectivity index (χ4v) is 3.68. The summed E-state index contributed by atoms with van der Waals surface area (Å²) in [6, 6.07) is 10.7. The third-order valence-corrected chi connectivity index (χ3v) is 5.34. The van der Waals surface area contributed by atoms with Crippen molar-refractivity contribution in [1.82, 2.24) is 10.2 Å². The Morgan fingerprint density at radius 3 is 2.40 bits per heavy atom. The Labute approximate surface area is 150 Å². The van der Waals surface area contributed by atoms with Gasteiger partial charge in [-0.2, -0.15) is 5.26 Å². The second-order valence-electron chi connectivity index (χ2n) is 7.14. The largest absolute Gasteiger partial charge is 0.379 e. The van der Waals surface area contributed by atoms with Crippen LogP contribution in [0.2, 0.25) is 0 Å². The molecule has 1 aromatic rings. The molecule has 1 N–H and O–H groups in total. The molecule has 0 radical (unpaired) electrons. The molecule has 0 aromatic heterocycles. The Bertz CT molecular complexity index is 609. The molecule has 1 heterocycles. The van der Waals surface area contributed by atoms with Crippen LogP contribution in [0.25, 0.3) is 0 Å². The summed E-state index contributed by atoms with van der Waals surface area (Å²) in [5.74, 6) is -0.105.